The maximum absolute atomic E-state index is 12.7. The molecule has 3 fully saturated rings. The number of amides is 2. The zero-order valence-electron chi connectivity index (χ0n) is 17.6. The minimum atomic E-state index is 0.0266. The van der Waals surface area contributed by atoms with Crippen molar-refractivity contribution < 1.29 is 9.90 Å². The van der Waals surface area contributed by atoms with Gasteiger partial charge in [-0.2, -0.15) is 0 Å². The van der Waals surface area contributed by atoms with Gasteiger partial charge in [0.2, 0.25) is 0 Å². The SMILES string of the molecule is CC(C)NC(=O)N1CCCCN2[C@H](CO)[C@H](c3ccc(C#CC4CC4)cc3)[C@H]2C1. The van der Waals surface area contributed by atoms with E-state index in [9.17, 15) is 9.90 Å². The molecule has 3 atom stereocenters. The van der Waals surface area contributed by atoms with Gasteiger partial charge in [-0.25, -0.2) is 4.79 Å². The fourth-order valence-electron chi connectivity index (χ4n) is 4.66. The average molecular weight is 396 g/mol. The summed E-state index contributed by atoms with van der Waals surface area (Å²) in [6.45, 7) is 6.66. The van der Waals surface area contributed by atoms with E-state index in [1.165, 1.54) is 18.4 Å². The second kappa shape index (κ2) is 8.77. The minimum Gasteiger partial charge on any atom is -0.395 e. The molecule has 2 aliphatic heterocycles. The third kappa shape index (κ3) is 4.60. The molecule has 2 heterocycles. The largest absolute Gasteiger partial charge is 0.395 e. The first kappa shape index (κ1) is 20.3. The Morgan fingerprint density at radius 2 is 1.93 bits per heavy atom. The summed E-state index contributed by atoms with van der Waals surface area (Å²) < 4.78 is 0. The molecule has 5 nitrogen and oxygen atoms in total. The summed E-state index contributed by atoms with van der Waals surface area (Å²) in [5.41, 5.74) is 2.31. The van der Waals surface area contributed by atoms with Crippen LogP contribution < -0.4 is 5.32 Å². The topological polar surface area (TPSA) is 55.8 Å². The van der Waals surface area contributed by atoms with Gasteiger partial charge in [0.25, 0.3) is 0 Å². The van der Waals surface area contributed by atoms with Gasteiger partial charge >= 0.3 is 6.03 Å². The lowest BCUT2D eigenvalue weighted by atomic mass is 9.74. The van der Waals surface area contributed by atoms with Gasteiger partial charge in [-0.3, -0.25) is 4.90 Å². The van der Waals surface area contributed by atoms with E-state index < -0.39 is 0 Å². The zero-order valence-corrected chi connectivity index (χ0v) is 17.6. The van der Waals surface area contributed by atoms with E-state index >= 15 is 0 Å². The number of carbonyl (C=O) groups is 1. The van der Waals surface area contributed by atoms with Crippen LogP contribution in [0.15, 0.2) is 24.3 Å². The minimum absolute atomic E-state index is 0.0266. The van der Waals surface area contributed by atoms with Crippen LogP contribution in [0.3, 0.4) is 0 Å². The lowest BCUT2D eigenvalue weighted by molar-refractivity contribution is -0.0591. The Hall–Kier alpha value is -2.03. The number of nitrogens with zero attached hydrogens (tertiary/aromatic N) is 2. The van der Waals surface area contributed by atoms with Crippen LogP contribution in [0.25, 0.3) is 0 Å². The molecule has 1 aromatic rings. The van der Waals surface area contributed by atoms with Crippen LogP contribution in [-0.4, -0.2) is 65.3 Å². The first-order chi connectivity index (χ1) is 14.1. The monoisotopic (exact) mass is 395 g/mol. The van der Waals surface area contributed by atoms with Crippen LogP contribution in [0, 0.1) is 17.8 Å². The Kier molecular flexibility index (Phi) is 6.12. The summed E-state index contributed by atoms with van der Waals surface area (Å²) in [4.78, 5) is 17.0. The Morgan fingerprint density at radius 3 is 2.59 bits per heavy atom. The highest BCUT2D eigenvalue weighted by Crippen LogP contribution is 2.42. The van der Waals surface area contributed by atoms with Gasteiger partial charge in [0.1, 0.15) is 0 Å². The third-order valence-corrected chi connectivity index (χ3v) is 6.36. The smallest absolute Gasteiger partial charge is 0.317 e. The van der Waals surface area contributed by atoms with E-state index in [0.29, 0.717) is 12.5 Å². The molecule has 3 aliphatic rings. The van der Waals surface area contributed by atoms with Crippen LogP contribution in [-0.2, 0) is 0 Å². The van der Waals surface area contributed by atoms with Gasteiger partial charge in [0.05, 0.1) is 6.61 Å². The molecule has 2 N–H and O–H groups in total. The summed E-state index contributed by atoms with van der Waals surface area (Å²) in [5.74, 6) is 7.44. The number of hydrogen-bond donors (Lipinski definition) is 2. The van der Waals surface area contributed by atoms with Gasteiger partial charge in [0, 0.05) is 48.6 Å². The van der Waals surface area contributed by atoms with Crippen LogP contribution >= 0.6 is 0 Å². The Bertz CT molecular complexity index is 776. The molecule has 1 aliphatic carbocycles. The second-order valence-electron chi connectivity index (χ2n) is 9.00. The van der Waals surface area contributed by atoms with Crippen LogP contribution in [0.5, 0.6) is 0 Å². The van der Waals surface area contributed by atoms with Crippen LogP contribution in [0.1, 0.15) is 56.6 Å². The summed E-state index contributed by atoms with van der Waals surface area (Å²) in [6, 6.07) is 9.10. The molecule has 4 rings (SSSR count). The summed E-state index contributed by atoms with van der Waals surface area (Å²) in [5, 5.41) is 13.1. The number of nitrogens with one attached hydrogen (secondary N) is 1. The number of hydrogen-bond acceptors (Lipinski definition) is 3. The number of rotatable bonds is 3. The maximum Gasteiger partial charge on any atom is 0.317 e. The highest BCUT2D eigenvalue weighted by Gasteiger charge is 2.49. The van der Waals surface area contributed by atoms with Crippen molar-refractivity contribution in [3.8, 4) is 11.8 Å². The molecule has 0 aromatic heterocycles. The molecule has 2 amide bonds. The number of aliphatic hydroxyl groups is 1. The summed E-state index contributed by atoms with van der Waals surface area (Å²) in [7, 11) is 0. The molecule has 2 saturated heterocycles. The van der Waals surface area contributed by atoms with Gasteiger partial charge in [-0.1, -0.05) is 24.0 Å². The lowest BCUT2D eigenvalue weighted by Crippen LogP contribution is -2.68. The highest BCUT2D eigenvalue weighted by molar-refractivity contribution is 5.74. The van der Waals surface area contributed by atoms with Crippen molar-refractivity contribution in [2.24, 2.45) is 5.92 Å². The Morgan fingerprint density at radius 1 is 1.21 bits per heavy atom. The Labute approximate surface area is 174 Å². The predicted molar refractivity (Wildman–Crippen MR) is 115 cm³/mol. The number of fused-ring (bicyclic) bond motifs is 1. The van der Waals surface area contributed by atoms with Crippen molar-refractivity contribution >= 4 is 6.03 Å². The summed E-state index contributed by atoms with van der Waals surface area (Å²) >= 11 is 0. The first-order valence-electron chi connectivity index (χ1n) is 11.1. The van der Waals surface area contributed by atoms with E-state index in [1.54, 1.807) is 0 Å². The number of benzene rings is 1. The van der Waals surface area contributed by atoms with Gasteiger partial charge < -0.3 is 15.3 Å². The number of urea groups is 1. The molecule has 5 heteroatoms. The highest BCUT2D eigenvalue weighted by atomic mass is 16.3. The molecule has 1 saturated carbocycles. The zero-order chi connectivity index (χ0) is 20.4. The number of carbonyl (C=O) groups excluding carboxylic acids is 1. The molecule has 0 unspecified atom stereocenters. The van der Waals surface area contributed by atoms with Gasteiger partial charge in [-0.05, 0) is 63.8 Å². The first-order valence-corrected chi connectivity index (χ1v) is 11.1. The molecular formula is C24H33N3O2. The fourth-order valence-corrected chi connectivity index (χ4v) is 4.66. The van der Waals surface area contributed by atoms with Crippen molar-refractivity contribution in [2.45, 2.75) is 63.6 Å². The quantitative estimate of drug-likeness (QED) is 0.774. The molecule has 0 radical (unpaired) electrons. The molecule has 0 spiro atoms. The molecule has 0 bridgehead atoms. The van der Waals surface area contributed by atoms with Crippen molar-refractivity contribution in [2.75, 3.05) is 26.2 Å². The van der Waals surface area contributed by atoms with Crippen molar-refractivity contribution in [1.29, 1.82) is 0 Å². The van der Waals surface area contributed by atoms with Gasteiger partial charge in [-0.15, -0.1) is 0 Å². The Balaban J connectivity index is 1.50. The van der Waals surface area contributed by atoms with Crippen molar-refractivity contribution in [3.05, 3.63) is 35.4 Å². The van der Waals surface area contributed by atoms with Crippen molar-refractivity contribution in [3.63, 3.8) is 0 Å². The number of aliphatic hydroxyl groups excluding tert-OH is 1. The summed E-state index contributed by atoms with van der Waals surface area (Å²) in [6.07, 6.45) is 4.54. The predicted octanol–water partition coefficient (Wildman–Crippen LogP) is 2.79. The normalized spacial score (nSPS) is 27.2. The van der Waals surface area contributed by atoms with Crippen LogP contribution in [0.2, 0.25) is 0 Å². The van der Waals surface area contributed by atoms with Crippen LogP contribution in [0.4, 0.5) is 4.79 Å². The lowest BCUT2D eigenvalue weighted by Gasteiger charge is -2.57. The van der Waals surface area contributed by atoms with E-state index in [4.69, 9.17) is 0 Å². The van der Waals surface area contributed by atoms with E-state index in [-0.39, 0.29) is 36.7 Å². The van der Waals surface area contributed by atoms with Gasteiger partial charge in [0.15, 0.2) is 0 Å². The fraction of sp³-hybridized carbons (Fsp3) is 0.625. The molecular weight excluding hydrogens is 362 g/mol. The van der Waals surface area contributed by atoms with E-state index in [2.05, 4.69) is 46.3 Å². The maximum atomic E-state index is 12.7. The average Bonchev–Trinajstić information content (AvgIpc) is 3.50. The third-order valence-electron chi connectivity index (χ3n) is 6.36. The second-order valence-corrected chi connectivity index (χ2v) is 9.00. The van der Waals surface area contributed by atoms with E-state index in [1.807, 2.05) is 18.7 Å². The molecule has 29 heavy (non-hydrogen) atoms. The molecule has 156 valence electrons. The molecule has 1 aromatic carbocycles. The van der Waals surface area contributed by atoms with E-state index in [0.717, 1.165) is 31.5 Å². The standard InChI is InChI=1S/C24H33N3O2/c1-17(2)25-24(29)26-13-3-4-14-27-21(15-26)23(22(27)16-28)20-11-9-19(10-12-20)8-7-18-5-6-18/h9-12,17-18,21-23,28H,3-6,13-16H2,1-2H3,(H,25,29)/t21-,22-,23-/m1/s1. The van der Waals surface area contributed by atoms with Crippen molar-refractivity contribution in [1.82, 2.24) is 15.1 Å².